The van der Waals surface area contributed by atoms with Crippen molar-refractivity contribution in [3.05, 3.63) is 109 Å². The van der Waals surface area contributed by atoms with Crippen LogP contribution in [0.2, 0.25) is 0 Å². The predicted octanol–water partition coefficient (Wildman–Crippen LogP) is 14.4. The number of carbonyl (C=O) groups is 3. The Bertz CT molecular complexity index is 1410. The Morgan fingerprint density at radius 3 is 1.44 bits per heavy atom. The second-order valence-electron chi connectivity index (χ2n) is 17.4. The van der Waals surface area contributed by atoms with Gasteiger partial charge in [-0.3, -0.25) is 9.59 Å². The minimum Gasteiger partial charge on any atom is -0.477 e. The first-order chi connectivity index (χ1) is 31.1. The Morgan fingerprint density at radius 1 is 0.500 bits per heavy atom. The summed E-state index contributed by atoms with van der Waals surface area (Å²) in [6, 6.07) is -0.629. The molecule has 0 saturated carbocycles. The molecule has 0 spiro atoms. The summed E-state index contributed by atoms with van der Waals surface area (Å²) >= 11 is 0. The molecule has 0 aliphatic carbocycles. The van der Waals surface area contributed by atoms with Gasteiger partial charge in [0.25, 0.3) is 0 Å². The van der Waals surface area contributed by atoms with Crippen molar-refractivity contribution in [2.24, 2.45) is 0 Å². The van der Waals surface area contributed by atoms with Gasteiger partial charge in [-0.25, -0.2) is 4.79 Å². The minimum absolute atomic E-state index is 0.0390. The summed E-state index contributed by atoms with van der Waals surface area (Å²) in [6.45, 7) is 4.53. The largest absolute Gasteiger partial charge is 0.477 e. The van der Waals surface area contributed by atoms with Gasteiger partial charge >= 0.3 is 17.9 Å². The number of ether oxygens (including phenoxy) is 3. The Hall–Kier alpha value is -4.01. The lowest BCUT2D eigenvalue weighted by Gasteiger charge is -2.31. The molecule has 0 saturated heterocycles. The number of carbonyl (C=O) groups excluding carboxylic acids is 2. The summed E-state index contributed by atoms with van der Waals surface area (Å²) in [4.78, 5) is 37.1. The molecule has 2 unspecified atom stereocenters. The van der Waals surface area contributed by atoms with Crippen LogP contribution in [-0.2, 0) is 28.6 Å². The SMILES string of the molecule is CC/C=C/C/C=C/C/C=C/C/C=C/C/C=C/CCCCCCCCC(=O)OCC(COCCC(C(=O)O)[N+](C)(C)C)OC(=O)CCCCCCC/C=C/C=C/C=C/C=C/CCCCC. The van der Waals surface area contributed by atoms with Crippen molar-refractivity contribution in [2.75, 3.05) is 41.0 Å². The van der Waals surface area contributed by atoms with Crippen molar-refractivity contribution in [3.8, 4) is 0 Å². The molecule has 0 aromatic heterocycles. The average Bonchev–Trinajstić information content (AvgIpc) is 3.26. The monoisotopic (exact) mass is 891 g/mol. The summed E-state index contributed by atoms with van der Waals surface area (Å²) in [6.07, 6.45) is 62.7. The highest BCUT2D eigenvalue weighted by molar-refractivity contribution is 5.72. The van der Waals surface area contributed by atoms with E-state index in [4.69, 9.17) is 14.2 Å². The van der Waals surface area contributed by atoms with E-state index in [2.05, 4.69) is 117 Å². The average molecular weight is 891 g/mol. The van der Waals surface area contributed by atoms with E-state index >= 15 is 0 Å². The van der Waals surface area contributed by atoms with Crippen LogP contribution in [0, 0.1) is 0 Å². The van der Waals surface area contributed by atoms with Crippen LogP contribution in [-0.4, -0.2) is 80.6 Å². The smallest absolute Gasteiger partial charge is 0.362 e. The molecule has 0 radical (unpaired) electrons. The van der Waals surface area contributed by atoms with Crippen molar-refractivity contribution >= 4 is 17.9 Å². The fourth-order valence-corrected chi connectivity index (χ4v) is 6.66. The maximum atomic E-state index is 12.8. The topological polar surface area (TPSA) is 99.1 Å². The maximum Gasteiger partial charge on any atom is 0.362 e. The number of unbranched alkanes of at least 4 members (excludes halogenated alkanes) is 14. The fraction of sp³-hybridized carbons (Fsp3) is 0.625. The molecule has 0 bridgehead atoms. The highest BCUT2D eigenvalue weighted by Gasteiger charge is 2.31. The van der Waals surface area contributed by atoms with Crippen LogP contribution in [0.25, 0.3) is 0 Å². The third-order valence-corrected chi connectivity index (χ3v) is 10.5. The Kier molecular flexibility index (Phi) is 42.7. The van der Waals surface area contributed by atoms with Crippen LogP contribution >= 0.6 is 0 Å². The molecule has 2 atom stereocenters. The lowest BCUT2D eigenvalue weighted by Crippen LogP contribution is -2.50. The molecule has 0 aromatic carbocycles. The van der Waals surface area contributed by atoms with Crippen LogP contribution in [0.4, 0.5) is 0 Å². The summed E-state index contributed by atoms with van der Waals surface area (Å²) in [5.41, 5.74) is 0. The van der Waals surface area contributed by atoms with Crippen molar-refractivity contribution in [1.29, 1.82) is 0 Å². The van der Waals surface area contributed by atoms with Crippen LogP contribution in [0.3, 0.4) is 0 Å². The molecule has 8 nitrogen and oxygen atoms in total. The second kappa shape index (κ2) is 45.6. The first kappa shape index (κ1) is 60.0. The van der Waals surface area contributed by atoms with E-state index in [1.54, 1.807) is 0 Å². The van der Waals surface area contributed by atoms with Crippen molar-refractivity contribution in [1.82, 2.24) is 0 Å². The number of quaternary nitrogens is 1. The summed E-state index contributed by atoms with van der Waals surface area (Å²) in [5.74, 6) is -1.53. The molecule has 0 fully saturated rings. The van der Waals surface area contributed by atoms with Crippen molar-refractivity contribution in [3.63, 3.8) is 0 Å². The fourth-order valence-electron chi connectivity index (χ4n) is 6.66. The van der Waals surface area contributed by atoms with Crippen LogP contribution < -0.4 is 0 Å². The first-order valence-corrected chi connectivity index (χ1v) is 25.0. The number of likely N-dealkylation sites (N-methyl/N-ethyl adjacent to an activating group) is 1. The van der Waals surface area contributed by atoms with Crippen molar-refractivity contribution < 1.29 is 38.2 Å². The molecule has 362 valence electrons. The standard InChI is InChI=1S/C56H91NO7/c1-6-8-10-12-14-16-18-20-22-24-26-27-28-29-31-32-34-36-38-40-42-44-46-54(58)63-51-52(50-62-49-48-53(56(60)61)57(3,4)5)64-55(59)47-45-43-41-39-37-35-33-30-25-23-21-19-17-15-13-11-9-7-2/h8,10,14-17,19-23,25-27,29-31,33,52-53H,6-7,9,11-13,18,24,28,32,34-51H2,1-5H3/p+1/b10-8+,16-14+,17-15+,21-19+,22-20+,25-23+,27-26+,31-29+,33-30+. The van der Waals surface area contributed by atoms with Gasteiger partial charge in [0.15, 0.2) is 12.1 Å². The van der Waals surface area contributed by atoms with Crippen LogP contribution in [0.15, 0.2) is 109 Å². The van der Waals surface area contributed by atoms with E-state index in [1.807, 2.05) is 27.2 Å². The van der Waals surface area contributed by atoms with Gasteiger partial charge in [0.2, 0.25) is 0 Å². The first-order valence-electron chi connectivity index (χ1n) is 25.0. The zero-order chi connectivity index (χ0) is 47.0. The van der Waals surface area contributed by atoms with Gasteiger partial charge in [-0.05, 0) is 83.5 Å². The molecule has 0 amide bonds. The van der Waals surface area contributed by atoms with E-state index in [1.165, 1.54) is 32.1 Å². The molecule has 64 heavy (non-hydrogen) atoms. The molecule has 0 rings (SSSR count). The van der Waals surface area contributed by atoms with Gasteiger partial charge in [-0.2, -0.15) is 0 Å². The second-order valence-corrected chi connectivity index (χ2v) is 17.4. The van der Waals surface area contributed by atoms with Gasteiger partial charge in [0, 0.05) is 19.3 Å². The number of aliphatic carboxylic acids is 1. The zero-order valence-electron chi connectivity index (χ0n) is 41.2. The highest BCUT2D eigenvalue weighted by atomic mass is 16.6. The minimum atomic E-state index is -0.886. The molecule has 1 N–H and O–H groups in total. The van der Waals surface area contributed by atoms with Gasteiger partial charge in [-0.1, -0.05) is 181 Å². The Morgan fingerprint density at radius 2 is 0.938 bits per heavy atom. The normalized spacial score (nSPS) is 13.8. The van der Waals surface area contributed by atoms with Crippen LogP contribution in [0.5, 0.6) is 0 Å². The van der Waals surface area contributed by atoms with Gasteiger partial charge in [0.1, 0.15) is 6.61 Å². The number of carboxylic acids is 1. The van der Waals surface area contributed by atoms with E-state index in [0.717, 1.165) is 109 Å². The molecule has 0 aromatic rings. The summed E-state index contributed by atoms with van der Waals surface area (Å²) in [5, 5.41) is 9.65. The van der Waals surface area contributed by atoms with Gasteiger partial charge in [0.05, 0.1) is 34.4 Å². The Balaban J connectivity index is 4.37. The number of carboxylic acid groups (broad SMARTS) is 1. The third-order valence-electron chi connectivity index (χ3n) is 10.5. The molecule has 0 heterocycles. The maximum absolute atomic E-state index is 12.8. The summed E-state index contributed by atoms with van der Waals surface area (Å²) in [7, 11) is 5.51. The van der Waals surface area contributed by atoms with Gasteiger partial charge < -0.3 is 23.8 Å². The molecular weight excluding hydrogens is 799 g/mol. The van der Waals surface area contributed by atoms with E-state index in [-0.39, 0.29) is 36.2 Å². The molecule has 8 heteroatoms. The van der Waals surface area contributed by atoms with E-state index < -0.39 is 18.1 Å². The molecule has 0 aliphatic heterocycles. The summed E-state index contributed by atoms with van der Waals surface area (Å²) < 4.78 is 17.3. The lowest BCUT2D eigenvalue weighted by atomic mass is 10.1. The highest BCUT2D eigenvalue weighted by Crippen LogP contribution is 2.13. The number of allylic oxidation sites excluding steroid dienone is 18. The zero-order valence-corrected chi connectivity index (χ0v) is 41.2. The van der Waals surface area contributed by atoms with Crippen molar-refractivity contribution in [2.45, 2.75) is 187 Å². The van der Waals surface area contributed by atoms with Gasteiger partial charge in [-0.15, -0.1) is 0 Å². The van der Waals surface area contributed by atoms with E-state index in [9.17, 15) is 19.5 Å². The number of nitrogens with zero attached hydrogens (tertiary/aromatic N) is 1. The lowest BCUT2D eigenvalue weighted by molar-refractivity contribution is -0.887. The van der Waals surface area contributed by atoms with E-state index in [0.29, 0.717) is 19.3 Å². The third kappa shape index (κ3) is 43.3. The molecular formula is C56H92NO7+. The number of hydrogen-bond acceptors (Lipinski definition) is 6. The number of rotatable bonds is 43. The number of esters is 2. The molecule has 0 aliphatic rings. The van der Waals surface area contributed by atoms with Crippen LogP contribution in [0.1, 0.15) is 174 Å². The predicted molar refractivity (Wildman–Crippen MR) is 270 cm³/mol. The Labute approximate surface area is 391 Å². The number of hydrogen-bond donors (Lipinski definition) is 1. The quantitative estimate of drug-likeness (QED) is 0.0214.